The molecule has 1 aliphatic heterocycles. The molecule has 12 heteroatoms. The number of thioether (sulfide) groups is 1. The standard InChI is InChI=1S/C22H13ClFN3O6S/c23-12-5-7-14(17(9-12)27(31)32)18-8-6-13(33-18)10-19-21(29)26(22(30)34-19)11-20(28)25-16-4-2-1-3-15(16)24/h1-10H,11H2,(H,25,28)/b19-10-. The minimum Gasteiger partial charge on any atom is -0.456 e. The lowest BCUT2D eigenvalue weighted by Crippen LogP contribution is -2.36. The highest BCUT2D eigenvalue weighted by Crippen LogP contribution is 2.36. The average molecular weight is 502 g/mol. The predicted octanol–water partition coefficient (Wildman–Crippen LogP) is 5.32. The fourth-order valence-electron chi connectivity index (χ4n) is 3.10. The van der Waals surface area contributed by atoms with E-state index >= 15 is 0 Å². The number of furan rings is 1. The number of carbonyl (C=O) groups excluding carboxylic acids is 3. The summed E-state index contributed by atoms with van der Waals surface area (Å²) < 4.78 is 19.3. The average Bonchev–Trinajstić information content (AvgIpc) is 3.35. The Hall–Kier alpha value is -3.96. The van der Waals surface area contributed by atoms with E-state index in [0.29, 0.717) is 11.8 Å². The zero-order valence-corrected chi connectivity index (χ0v) is 18.6. The fraction of sp³-hybridized carbons (Fsp3) is 0.0455. The number of rotatable bonds is 6. The van der Waals surface area contributed by atoms with Crippen molar-refractivity contribution in [2.24, 2.45) is 0 Å². The molecule has 1 N–H and O–H groups in total. The maximum atomic E-state index is 13.7. The van der Waals surface area contributed by atoms with E-state index in [1.54, 1.807) is 0 Å². The summed E-state index contributed by atoms with van der Waals surface area (Å²) in [5.41, 5.74) is -0.143. The van der Waals surface area contributed by atoms with Crippen molar-refractivity contribution in [2.45, 2.75) is 0 Å². The first-order valence-corrected chi connectivity index (χ1v) is 10.8. The van der Waals surface area contributed by atoms with Crippen molar-refractivity contribution >= 4 is 57.9 Å². The Balaban J connectivity index is 1.50. The molecule has 9 nitrogen and oxygen atoms in total. The van der Waals surface area contributed by atoms with Crippen molar-refractivity contribution in [1.82, 2.24) is 4.90 Å². The van der Waals surface area contributed by atoms with E-state index in [1.807, 2.05) is 0 Å². The molecular formula is C22H13ClFN3O6S. The number of nitrogens with zero attached hydrogens (tertiary/aromatic N) is 2. The highest BCUT2D eigenvalue weighted by Gasteiger charge is 2.36. The van der Waals surface area contributed by atoms with Crippen LogP contribution >= 0.6 is 23.4 Å². The van der Waals surface area contributed by atoms with E-state index in [0.717, 1.165) is 11.0 Å². The lowest BCUT2D eigenvalue weighted by molar-refractivity contribution is -0.384. The van der Waals surface area contributed by atoms with Crippen LogP contribution in [0.1, 0.15) is 5.76 Å². The molecular weight excluding hydrogens is 489 g/mol. The van der Waals surface area contributed by atoms with Crippen molar-refractivity contribution in [3.05, 3.63) is 86.2 Å². The van der Waals surface area contributed by atoms with Crippen molar-refractivity contribution in [3.63, 3.8) is 0 Å². The summed E-state index contributed by atoms with van der Waals surface area (Å²) in [7, 11) is 0. The summed E-state index contributed by atoms with van der Waals surface area (Å²) >= 11 is 6.43. The van der Waals surface area contributed by atoms with Gasteiger partial charge in [-0.15, -0.1) is 0 Å². The van der Waals surface area contributed by atoms with E-state index in [2.05, 4.69) is 5.32 Å². The van der Waals surface area contributed by atoms with Gasteiger partial charge in [0, 0.05) is 17.2 Å². The van der Waals surface area contributed by atoms with Crippen molar-refractivity contribution in [3.8, 4) is 11.3 Å². The molecule has 1 aliphatic rings. The van der Waals surface area contributed by atoms with Crippen LogP contribution in [0.15, 0.2) is 63.9 Å². The monoisotopic (exact) mass is 501 g/mol. The van der Waals surface area contributed by atoms with Gasteiger partial charge in [-0.1, -0.05) is 23.7 Å². The smallest absolute Gasteiger partial charge is 0.294 e. The number of halogens is 2. The minimum absolute atomic E-state index is 0.00445. The number of carbonyl (C=O) groups is 3. The first-order chi connectivity index (χ1) is 16.2. The van der Waals surface area contributed by atoms with Gasteiger partial charge in [-0.3, -0.25) is 29.4 Å². The van der Waals surface area contributed by atoms with Gasteiger partial charge in [-0.05, 0) is 48.2 Å². The SMILES string of the molecule is O=C(CN1C(=O)S/C(=C\c2ccc(-c3ccc(Cl)cc3[N+](=O)[O-])o2)C1=O)Nc1ccccc1F. The molecule has 0 spiro atoms. The van der Waals surface area contributed by atoms with Crippen LogP contribution in [0.2, 0.25) is 5.02 Å². The first kappa shape index (κ1) is 23.2. The Morgan fingerprint density at radius 3 is 2.71 bits per heavy atom. The molecule has 172 valence electrons. The number of nitro benzene ring substituents is 1. The lowest BCUT2D eigenvalue weighted by atomic mass is 10.1. The predicted molar refractivity (Wildman–Crippen MR) is 124 cm³/mol. The molecule has 0 unspecified atom stereocenters. The highest BCUT2D eigenvalue weighted by atomic mass is 35.5. The molecule has 3 aromatic rings. The molecule has 2 heterocycles. The maximum absolute atomic E-state index is 13.7. The number of amides is 3. The zero-order chi connectivity index (χ0) is 24.4. The quantitative estimate of drug-likeness (QED) is 0.275. The van der Waals surface area contributed by atoms with Crippen LogP contribution < -0.4 is 5.32 Å². The number of para-hydroxylation sites is 1. The molecule has 3 amide bonds. The summed E-state index contributed by atoms with van der Waals surface area (Å²) in [5, 5.41) is 13.1. The van der Waals surface area contributed by atoms with Crippen LogP contribution in [0.25, 0.3) is 17.4 Å². The third kappa shape index (κ3) is 4.85. The van der Waals surface area contributed by atoms with Crippen LogP contribution in [0.3, 0.4) is 0 Å². The van der Waals surface area contributed by atoms with Crippen LogP contribution in [0.4, 0.5) is 20.6 Å². The summed E-state index contributed by atoms with van der Waals surface area (Å²) in [6.07, 6.45) is 1.30. The summed E-state index contributed by atoms with van der Waals surface area (Å²) in [6.45, 7) is -0.600. The highest BCUT2D eigenvalue weighted by molar-refractivity contribution is 8.18. The maximum Gasteiger partial charge on any atom is 0.294 e. The van der Waals surface area contributed by atoms with Gasteiger partial charge < -0.3 is 9.73 Å². The molecule has 2 aromatic carbocycles. The third-order valence-electron chi connectivity index (χ3n) is 4.65. The number of hydrogen-bond acceptors (Lipinski definition) is 7. The van der Waals surface area contributed by atoms with Crippen LogP contribution in [-0.2, 0) is 9.59 Å². The van der Waals surface area contributed by atoms with Gasteiger partial charge in [0.2, 0.25) is 5.91 Å². The van der Waals surface area contributed by atoms with Gasteiger partial charge in [0.1, 0.15) is 23.9 Å². The summed E-state index contributed by atoms with van der Waals surface area (Å²) in [4.78, 5) is 48.6. The summed E-state index contributed by atoms with van der Waals surface area (Å²) in [6, 6.07) is 12.6. The van der Waals surface area contributed by atoms with Gasteiger partial charge >= 0.3 is 0 Å². The molecule has 34 heavy (non-hydrogen) atoms. The minimum atomic E-state index is -0.746. The largest absolute Gasteiger partial charge is 0.456 e. The third-order valence-corrected chi connectivity index (χ3v) is 5.79. The molecule has 0 radical (unpaired) electrons. The number of nitrogens with one attached hydrogen (secondary N) is 1. The number of hydrogen-bond donors (Lipinski definition) is 1. The second-order valence-electron chi connectivity index (χ2n) is 6.92. The molecule has 0 bridgehead atoms. The molecule has 0 saturated carbocycles. The second-order valence-corrected chi connectivity index (χ2v) is 8.35. The Bertz CT molecular complexity index is 1370. The zero-order valence-electron chi connectivity index (χ0n) is 17.0. The molecule has 4 rings (SSSR count). The Labute approximate surface area is 200 Å². The second kappa shape index (κ2) is 9.49. The van der Waals surface area contributed by atoms with E-state index in [1.165, 1.54) is 54.6 Å². The first-order valence-electron chi connectivity index (χ1n) is 9.57. The van der Waals surface area contributed by atoms with E-state index in [9.17, 15) is 28.9 Å². The van der Waals surface area contributed by atoms with E-state index < -0.39 is 34.3 Å². The molecule has 1 saturated heterocycles. The summed E-state index contributed by atoms with van der Waals surface area (Å²) in [5.74, 6) is -1.80. The van der Waals surface area contributed by atoms with Gasteiger partial charge in [0.05, 0.1) is 21.1 Å². The number of anilines is 1. The fourth-order valence-corrected chi connectivity index (χ4v) is 4.09. The number of imide groups is 1. The van der Waals surface area contributed by atoms with Crippen molar-refractivity contribution < 1.29 is 28.1 Å². The Kier molecular flexibility index (Phi) is 6.48. The van der Waals surface area contributed by atoms with Gasteiger partial charge in [0.25, 0.3) is 16.8 Å². The molecule has 1 fully saturated rings. The molecule has 0 atom stereocenters. The Morgan fingerprint density at radius 1 is 1.21 bits per heavy atom. The van der Waals surface area contributed by atoms with Crippen molar-refractivity contribution in [1.29, 1.82) is 0 Å². The van der Waals surface area contributed by atoms with E-state index in [-0.39, 0.29) is 38.4 Å². The number of nitro groups is 1. The number of benzene rings is 2. The van der Waals surface area contributed by atoms with Crippen LogP contribution in [0.5, 0.6) is 0 Å². The lowest BCUT2D eigenvalue weighted by Gasteiger charge is -2.12. The van der Waals surface area contributed by atoms with Crippen LogP contribution in [-0.4, -0.2) is 33.4 Å². The van der Waals surface area contributed by atoms with Gasteiger partial charge in [0.15, 0.2) is 0 Å². The van der Waals surface area contributed by atoms with Crippen LogP contribution in [0, 0.1) is 15.9 Å². The normalized spacial score (nSPS) is 14.6. The van der Waals surface area contributed by atoms with Gasteiger partial charge in [-0.25, -0.2) is 4.39 Å². The topological polar surface area (TPSA) is 123 Å². The molecule has 0 aliphatic carbocycles. The van der Waals surface area contributed by atoms with E-state index in [4.69, 9.17) is 16.0 Å². The molecule has 1 aromatic heterocycles. The van der Waals surface area contributed by atoms with Gasteiger partial charge in [-0.2, -0.15) is 0 Å². The van der Waals surface area contributed by atoms with Crippen molar-refractivity contribution in [2.75, 3.05) is 11.9 Å². The Morgan fingerprint density at radius 2 is 1.97 bits per heavy atom.